The molecule has 1 aliphatic heterocycles. The fourth-order valence-corrected chi connectivity index (χ4v) is 3.03. The number of carbonyl (C=O) groups excluding carboxylic acids is 3. The average Bonchev–Trinajstić information content (AvgIpc) is 2.68. The highest BCUT2D eigenvalue weighted by molar-refractivity contribution is 6.19. The van der Waals surface area contributed by atoms with Gasteiger partial charge in [0.1, 0.15) is 11.2 Å². The van der Waals surface area contributed by atoms with Gasteiger partial charge in [-0.15, -0.1) is 0 Å². The van der Waals surface area contributed by atoms with E-state index in [0.717, 1.165) is 12.1 Å². The van der Waals surface area contributed by atoms with Gasteiger partial charge in [-0.05, 0) is 30.7 Å². The number of nitrogens with zero attached hydrogens (tertiary/aromatic N) is 1. The van der Waals surface area contributed by atoms with Crippen LogP contribution in [0.1, 0.15) is 30.9 Å². The van der Waals surface area contributed by atoms with E-state index in [9.17, 15) is 23.2 Å². The molecule has 1 atom stereocenters. The van der Waals surface area contributed by atoms with E-state index in [-0.39, 0.29) is 12.0 Å². The molecule has 2 aromatic rings. The average molecular weight is 397 g/mol. The molecular weight excluding hydrogens is 380 g/mol. The molecular formula is C21H17F2N3O3. The molecule has 1 unspecified atom stereocenters. The van der Waals surface area contributed by atoms with Gasteiger partial charge in [-0.2, -0.15) is 0 Å². The van der Waals surface area contributed by atoms with Gasteiger partial charge in [-0.3, -0.25) is 9.59 Å². The minimum absolute atomic E-state index is 0.0394. The van der Waals surface area contributed by atoms with Crippen LogP contribution in [-0.2, 0) is 9.59 Å². The lowest BCUT2D eigenvalue weighted by Gasteiger charge is -2.38. The molecule has 1 heterocycles. The Kier molecular flexibility index (Phi) is 5.33. The van der Waals surface area contributed by atoms with E-state index >= 15 is 0 Å². The molecule has 3 rings (SSSR count). The summed E-state index contributed by atoms with van der Waals surface area (Å²) in [6, 6.07) is 9.59. The lowest BCUT2D eigenvalue weighted by molar-refractivity contribution is -0.130. The number of primary amides is 1. The zero-order chi connectivity index (χ0) is 21.2. The molecule has 2 aromatic carbocycles. The maximum absolute atomic E-state index is 14.6. The standard InChI is InChI=1S/C21H17F2N3O3/c1-2-21(19(24)28)12-17(27)26(20(29)25-21)18-15(22)10-14(11-16(18)23)9-8-13-6-4-3-5-7-13/h3-7,10-11H,2,12H2,1H3,(H2,24,28)(H,25,29). The van der Waals surface area contributed by atoms with E-state index in [1.54, 1.807) is 31.2 Å². The van der Waals surface area contributed by atoms with Gasteiger partial charge in [-0.25, -0.2) is 18.5 Å². The zero-order valence-corrected chi connectivity index (χ0v) is 15.5. The molecule has 1 fully saturated rings. The molecule has 0 aliphatic carbocycles. The Balaban J connectivity index is 1.94. The molecule has 6 nitrogen and oxygen atoms in total. The smallest absolute Gasteiger partial charge is 0.329 e. The van der Waals surface area contributed by atoms with Crippen LogP contribution >= 0.6 is 0 Å². The second kappa shape index (κ2) is 7.72. The molecule has 29 heavy (non-hydrogen) atoms. The first-order chi connectivity index (χ1) is 13.8. The summed E-state index contributed by atoms with van der Waals surface area (Å²) in [6.07, 6.45) is -0.439. The topological polar surface area (TPSA) is 92.5 Å². The van der Waals surface area contributed by atoms with Crippen LogP contribution in [0.15, 0.2) is 42.5 Å². The summed E-state index contributed by atoms with van der Waals surface area (Å²) in [5.74, 6) is 1.31. The molecule has 0 radical (unpaired) electrons. The maximum Gasteiger partial charge on any atom is 0.329 e. The molecule has 0 saturated carbocycles. The van der Waals surface area contributed by atoms with Gasteiger partial charge in [0.25, 0.3) is 0 Å². The number of nitrogens with two attached hydrogens (primary N) is 1. The molecule has 148 valence electrons. The van der Waals surface area contributed by atoms with Crippen molar-refractivity contribution in [2.75, 3.05) is 4.90 Å². The Morgan fingerprint density at radius 2 is 1.72 bits per heavy atom. The molecule has 1 aliphatic rings. The number of amides is 4. The molecule has 3 N–H and O–H groups in total. The summed E-state index contributed by atoms with van der Waals surface area (Å²) >= 11 is 0. The highest BCUT2D eigenvalue weighted by atomic mass is 19.1. The highest BCUT2D eigenvalue weighted by Gasteiger charge is 2.47. The van der Waals surface area contributed by atoms with E-state index in [4.69, 9.17) is 5.73 Å². The van der Waals surface area contributed by atoms with Gasteiger partial charge in [0.05, 0.1) is 6.42 Å². The Morgan fingerprint density at radius 3 is 2.24 bits per heavy atom. The van der Waals surface area contributed by atoms with Crippen molar-refractivity contribution >= 4 is 23.5 Å². The predicted octanol–water partition coefficient (Wildman–Crippen LogP) is 2.44. The monoisotopic (exact) mass is 397 g/mol. The second-order valence-electron chi connectivity index (χ2n) is 6.54. The summed E-state index contributed by atoms with van der Waals surface area (Å²) < 4.78 is 29.3. The SMILES string of the molecule is CCC1(C(N)=O)CC(=O)N(c2c(F)cc(C#Cc3ccccc3)cc2F)C(=O)N1. The van der Waals surface area contributed by atoms with E-state index in [1.807, 2.05) is 6.07 Å². The molecule has 0 aromatic heterocycles. The number of hydrogen-bond donors (Lipinski definition) is 2. The number of urea groups is 1. The van der Waals surface area contributed by atoms with Gasteiger partial charge in [0, 0.05) is 11.1 Å². The second-order valence-corrected chi connectivity index (χ2v) is 6.54. The summed E-state index contributed by atoms with van der Waals surface area (Å²) in [6.45, 7) is 1.56. The minimum Gasteiger partial charge on any atom is -0.368 e. The normalized spacial score (nSPS) is 18.7. The molecule has 0 spiro atoms. The maximum atomic E-state index is 14.6. The van der Waals surface area contributed by atoms with Crippen LogP contribution in [0.3, 0.4) is 0 Å². The minimum atomic E-state index is -1.58. The molecule has 4 amide bonds. The largest absolute Gasteiger partial charge is 0.368 e. The Morgan fingerprint density at radius 1 is 1.14 bits per heavy atom. The predicted molar refractivity (Wildman–Crippen MR) is 102 cm³/mol. The summed E-state index contributed by atoms with van der Waals surface area (Å²) in [5, 5.41) is 2.30. The first kappa shape index (κ1) is 20.0. The lowest BCUT2D eigenvalue weighted by atomic mass is 9.88. The van der Waals surface area contributed by atoms with Crippen molar-refractivity contribution in [1.82, 2.24) is 5.32 Å². The van der Waals surface area contributed by atoms with Crippen molar-refractivity contribution < 1.29 is 23.2 Å². The van der Waals surface area contributed by atoms with Crippen molar-refractivity contribution in [2.45, 2.75) is 25.3 Å². The summed E-state index contributed by atoms with van der Waals surface area (Å²) in [7, 11) is 0. The van der Waals surface area contributed by atoms with Gasteiger partial charge in [0.15, 0.2) is 11.6 Å². The Hall–Kier alpha value is -3.73. The van der Waals surface area contributed by atoms with Crippen molar-refractivity contribution in [3.8, 4) is 11.8 Å². The first-order valence-electron chi connectivity index (χ1n) is 8.78. The molecule has 1 saturated heterocycles. The number of benzene rings is 2. The van der Waals surface area contributed by atoms with E-state index in [2.05, 4.69) is 17.2 Å². The van der Waals surface area contributed by atoms with Crippen molar-refractivity contribution in [3.63, 3.8) is 0 Å². The zero-order valence-electron chi connectivity index (χ0n) is 15.5. The van der Waals surface area contributed by atoms with E-state index in [1.165, 1.54) is 0 Å². The third-order valence-electron chi connectivity index (χ3n) is 4.69. The van der Waals surface area contributed by atoms with Gasteiger partial charge < -0.3 is 11.1 Å². The third kappa shape index (κ3) is 3.80. The fourth-order valence-electron chi connectivity index (χ4n) is 3.03. The van der Waals surface area contributed by atoms with E-state index in [0.29, 0.717) is 10.5 Å². The van der Waals surface area contributed by atoms with Crippen LogP contribution in [0.4, 0.5) is 19.3 Å². The Labute approximate surface area is 165 Å². The number of imide groups is 1. The van der Waals surface area contributed by atoms with Gasteiger partial charge in [0.2, 0.25) is 11.8 Å². The number of rotatable bonds is 3. The van der Waals surface area contributed by atoms with Crippen molar-refractivity contribution in [3.05, 3.63) is 65.2 Å². The van der Waals surface area contributed by atoms with Gasteiger partial charge >= 0.3 is 6.03 Å². The van der Waals surface area contributed by atoms with Crippen LogP contribution in [0, 0.1) is 23.5 Å². The number of carbonyl (C=O) groups is 3. The van der Waals surface area contributed by atoms with Gasteiger partial charge in [-0.1, -0.05) is 37.0 Å². The molecule has 0 bridgehead atoms. The van der Waals surface area contributed by atoms with Crippen LogP contribution in [0.25, 0.3) is 0 Å². The van der Waals surface area contributed by atoms with Crippen LogP contribution in [0.5, 0.6) is 0 Å². The molecule has 8 heteroatoms. The van der Waals surface area contributed by atoms with E-state index < -0.39 is 47.1 Å². The Bertz CT molecular complexity index is 1020. The highest BCUT2D eigenvalue weighted by Crippen LogP contribution is 2.30. The summed E-state index contributed by atoms with van der Waals surface area (Å²) in [5.41, 5.74) is 3.58. The van der Waals surface area contributed by atoms with Crippen molar-refractivity contribution in [2.24, 2.45) is 5.73 Å². The number of hydrogen-bond acceptors (Lipinski definition) is 3. The first-order valence-corrected chi connectivity index (χ1v) is 8.78. The third-order valence-corrected chi connectivity index (χ3v) is 4.69. The number of nitrogens with one attached hydrogen (secondary N) is 1. The van der Waals surface area contributed by atoms with Crippen LogP contribution in [0.2, 0.25) is 0 Å². The van der Waals surface area contributed by atoms with Crippen LogP contribution in [-0.4, -0.2) is 23.4 Å². The van der Waals surface area contributed by atoms with Crippen LogP contribution < -0.4 is 16.0 Å². The van der Waals surface area contributed by atoms with Crippen molar-refractivity contribution in [1.29, 1.82) is 0 Å². The summed E-state index contributed by atoms with van der Waals surface area (Å²) in [4.78, 5) is 36.9. The number of anilines is 1. The fraction of sp³-hybridized carbons (Fsp3) is 0.190. The quantitative estimate of drug-likeness (QED) is 0.780. The number of halogens is 2. The lowest BCUT2D eigenvalue weighted by Crippen LogP contribution is -2.67.